The van der Waals surface area contributed by atoms with Crippen molar-refractivity contribution in [1.29, 1.82) is 0 Å². The van der Waals surface area contributed by atoms with Gasteiger partial charge in [0.05, 0.1) is 31.5 Å². The Morgan fingerprint density at radius 3 is 2.67 bits per heavy atom. The maximum absolute atomic E-state index is 13.1. The minimum Gasteiger partial charge on any atom is -0.507 e. The quantitative estimate of drug-likeness (QED) is 0.346. The Bertz CT molecular complexity index is 1280. The fraction of sp³-hybridized carbons (Fsp3) is 0.167. The molecule has 2 aromatic carbocycles. The molecule has 168 valence electrons. The number of ether oxygens (including phenoxy) is 3. The summed E-state index contributed by atoms with van der Waals surface area (Å²) in [4.78, 5) is 27.4. The van der Waals surface area contributed by atoms with Crippen LogP contribution >= 0.6 is 0 Å². The fourth-order valence-electron chi connectivity index (χ4n) is 4.04. The van der Waals surface area contributed by atoms with Gasteiger partial charge in [0.25, 0.3) is 11.7 Å². The topological polar surface area (TPSA) is 119 Å². The summed E-state index contributed by atoms with van der Waals surface area (Å²) >= 11 is 0. The summed E-state index contributed by atoms with van der Waals surface area (Å²) in [6, 6.07) is 11.7. The van der Waals surface area contributed by atoms with E-state index in [1.807, 2.05) is 0 Å². The van der Waals surface area contributed by atoms with Crippen LogP contribution in [0.3, 0.4) is 0 Å². The molecule has 0 aliphatic carbocycles. The highest BCUT2D eigenvalue weighted by molar-refractivity contribution is 6.46. The molecule has 0 bridgehead atoms. The Morgan fingerprint density at radius 2 is 1.94 bits per heavy atom. The Morgan fingerprint density at radius 1 is 1.12 bits per heavy atom. The van der Waals surface area contributed by atoms with E-state index in [4.69, 9.17) is 18.6 Å². The van der Waals surface area contributed by atoms with E-state index in [1.165, 1.54) is 30.4 Å². The average molecular weight is 449 g/mol. The SMILES string of the molecule is COc1ccc(C2/C(=C(/O)c3ccc4c(c3)OCO4)C(=O)C(=O)N2Cc2ccco2)cc1O. The van der Waals surface area contributed by atoms with Gasteiger partial charge in [-0.2, -0.15) is 0 Å². The highest BCUT2D eigenvalue weighted by Gasteiger charge is 2.46. The summed E-state index contributed by atoms with van der Waals surface area (Å²) in [5, 5.41) is 21.5. The molecule has 1 atom stereocenters. The summed E-state index contributed by atoms with van der Waals surface area (Å²) in [6.45, 7) is 0.0468. The Kier molecular flexibility index (Phi) is 4.93. The van der Waals surface area contributed by atoms with E-state index in [1.54, 1.807) is 36.4 Å². The Labute approximate surface area is 188 Å². The van der Waals surface area contributed by atoms with Gasteiger partial charge in [-0.25, -0.2) is 0 Å². The predicted octanol–water partition coefficient (Wildman–Crippen LogP) is 3.34. The van der Waals surface area contributed by atoms with Gasteiger partial charge in [-0.15, -0.1) is 0 Å². The van der Waals surface area contributed by atoms with E-state index >= 15 is 0 Å². The molecule has 0 saturated carbocycles. The third-order valence-electron chi connectivity index (χ3n) is 5.61. The van der Waals surface area contributed by atoms with Gasteiger partial charge in [0.2, 0.25) is 6.79 Å². The van der Waals surface area contributed by atoms with Crippen LogP contribution in [0.25, 0.3) is 5.76 Å². The number of methoxy groups -OCH3 is 1. The van der Waals surface area contributed by atoms with Crippen molar-refractivity contribution in [2.75, 3.05) is 13.9 Å². The number of phenols is 1. The van der Waals surface area contributed by atoms with Crippen LogP contribution in [0.1, 0.15) is 22.9 Å². The number of hydrogen-bond donors (Lipinski definition) is 2. The van der Waals surface area contributed by atoms with E-state index in [-0.39, 0.29) is 41.7 Å². The smallest absolute Gasteiger partial charge is 0.296 e. The molecule has 2 aliphatic heterocycles. The van der Waals surface area contributed by atoms with E-state index in [9.17, 15) is 19.8 Å². The Balaban J connectivity index is 1.65. The second kappa shape index (κ2) is 7.94. The summed E-state index contributed by atoms with van der Waals surface area (Å²) in [6.07, 6.45) is 1.47. The van der Waals surface area contributed by atoms with Crippen LogP contribution in [0, 0.1) is 0 Å². The number of likely N-dealkylation sites (tertiary alicyclic amines) is 1. The van der Waals surface area contributed by atoms with Crippen LogP contribution in [0.5, 0.6) is 23.0 Å². The lowest BCUT2D eigenvalue weighted by Gasteiger charge is -2.25. The van der Waals surface area contributed by atoms with Gasteiger partial charge in [0, 0.05) is 5.56 Å². The lowest BCUT2D eigenvalue weighted by Crippen LogP contribution is -2.29. The summed E-state index contributed by atoms with van der Waals surface area (Å²) in [7, 11) is 1.41. The number of ketones is 1. The number of hydrogen-bond acceptors (Lipinski definition) is 8. The number of aliphatic hydroxyl groups excluding tert-OH is 1. The zero-order chi connectivity index (χ0) is 23.1. The maximum atomic E-state index is 13.1. The molecule has 0 spiro atoms. The maximum Gasteiger partial charge on any atom is 0.296 e. The first-order valence-corrected chi connectivity index (χ1v) is 10.1. The Hall–Kier alpha value is -4.40. The molecule has 9 nitrogen and oxygen atoms in total. The largest absolute Gasteiger partial charge is 0.507 e. The highest BCUT2D eigenvalue weighted by atomic mass is 16.7. The third-order valence-corrected chi connectivity index (χ3v) is 5.61. The van der Waals surface area contributed by atoms with Gasteiger partial charge in [-0.1, -0.05) is 6.07 Å². The fourth-order valence-corrected chi connectivity index (χ4v) is 4.04. The van der Waals surface area contributed by atoms with E-state index in [0.29, 0.717) is 22.8 Å². The van der Waals surface area contributed by atoms with Crippen LogP contribution in [0.15, 0.2) is 64.8 Å². The average Bonchev–Trinajstić information content (AvgIpc) is 3.55. The minimum atomic E-state index is -0.975. The number of fused-ring (bicyclic) bond motifs is 1. The van der Waals surface area contributed by atoms with Gasteiger partial charge in [-0.05, 0) is 48.0 Å². The number of Topliss-reactive ketones (excluding diaryl/α,β-unsaturated/α-hetero) is 1. The van der Waals surface area contributed by atoms with Crippen LogP contribution in [-0.2, 0) is 16.1 Å². The minimum absolute atomic E-state index is 0.00699. The van der Waals surface area contributed by atoms with Gasteiger partial charge < -0.3 is 33.7 Å². The first-order chi connectivity index (χ1) is 16.0. The molecule has 1 saturated heterocycles. The molecule has 9 heteroatoms. The monoisotopic (exact) mass is 449 g/mol. The van der Waals surface area contributed by atoms with Crippen molar-refractivity contribution < 1.29 is 38.4 Å². The van der Waals surface area contributed by atoms with Crippen molar-refractivity contribution in [3.8, 4) is 23.0 Å². The number of carbonyl (C=O) groups is 2. The van der Waals surface area contributed by atoms with E-state index in [2.05, 4.69) is 0 Å². The first-order valence-electron chi connectivity index (χ1n) is 10.1. The normalized spacial score (nSPS) is 18.7. The molecular formula is C24H19NO8. The molecule has 3 heterocycles. The van der Waals surface area contributed by atoms with Gasteiger partial charge in [0.15, 0.2) is 23.0 Å². The van der Waals surface area contributed by atoms with Crippen LogP contribution in [0.2, 0.25) is 0 Å². The lowest BCUT2D eigenvalue weighted by molar-refractivity contribution is -0.140. The van der Waals surface area contributed by atoms with Gasteiger partial charge in [0.1, 0.15) is 11.5 Å². The molecular weight excluding hydrogens is 430 g/mol. The van der Waals surface area contributed by atoms with Crippen molar-refractivity contribution >= 4 is 17.4 Å². The lowest BCUT2D eigenvalue weighted by atomic mass is 9.95. The van der Waals surface area contributed by atoms with Crippen molar-refractivity contribution in [3.63, 3.8) is 0 Å². The third kappa shape index (κ3) is 3.43. The second-order valence-corrected chi connectivity index (χ2v) is 7.51. The molecule has 33 heavy (non-hydrogen) atoms. The van der Waals surface area contributed by atoms with Crippen molar-refractivity contribution in [1.82, 2.24) is 4.90 Å². The standard InChI is InChI=1S/C24H19NO8/c1-30-17-6-4-13(9-16(17)26)21-20(22(27)14-5-7-18-19(10-14)33-12-32-18)23(28)24(29)25(21)11-15-3-2-8-31-15/h2-10,21,26-27H,11-12H2,1H3/b22-20-. The number of carbonyl (C=O) groups excluding carboxylic acids is 2. The van der Waals surface area contributed by atoms with E-state index < -0.39 is 17.7 Å². The molecule has 2 N–H and O–H groups in total. The molecule has 2 aliphatic rings. The number of aromatic hydroxyl groups is 1. The zero-order valence-corrected chi connectivity index (χ0v) is 17.5. The van der Waals surface area contributed by atoms with Crippen molar-refractivity contribution in [2.24, 2.45) is 0 Å². The van der Waals surface area contributed by atoms with Crippen molar-refractivity contribution in [3.05, 3.63) is 77.3 Å². The number of rotatable bonds is 5. The number of nitrogens with zero attached hydrogens (tertiary/aromatic N) is 1. The first kappa shape index (κ1) is 20.5. The summed E-state index contributed by atoms with van der Waals surface area (Å²) in [5.74, 6) is -0.550. The molecule has 0 radical (unpaired) electrons. The van der Waals surface area contributed by atoms with Crippen molar-refractivity contribution in [2.45, 2.75) is 12.6 Å². The molecule has 1 unspecified atom stereocenters. The van der Waals surface area contributed by atoms with Gasteiger partial charge in [-0.3, -0.25) is 9.59 Å². The van der Waals surface area contributed by atoms with Gasteiger partial charge >= 0.3 is 0 Å². The molecule has 1 aromatic heterocycles. The molecule has 3 aromatic rings. The number of furan rings is 1. The van der Waals surface area contributed by atoms with Crippen LogP contribution in [-0.4, -0.2) is 40.7 Å². The molecule has 5 rings (SSSR count). The highest BCUT2D eigenvalue weighted by Crippen LogP contribution is 2.43. The number of aliphatic hydroxyl groups is 1. The van der Waals surface area contributed by atoms with Crippen LogP contribution < -0.4 is 14.2 Å². The molecule has 1 fully saturated rings. The zero-order valence-electron chi connectivity index (χ0n) is 17.5. The number of benzene rings is 2. The second-order valence-electron chi connectivity index (χ2n) is 7.51. The molecule has 1 amide bonds. The predicted molar refractivity (Wildman–Crippen MR) is 114 cm³/mol. The van der Waals surface area contributed by atoms with E-state index in [0.717, 1.165) is 0 Å². The summed E-state index contributed by atoms with van der Waals surface area (Å²) in [5.41, 5.74) is 0.592. The number of phenolic OH excluding ortho intramolecular Hbond substituents is 1. The number of amides is 1. The van der Waals surface area contributed by atoms with Crippen LogP contribution in [0.4, 0.5) is 0 Å². The summed E-state index contributed by atoms with van der Waals surface area (Å²) < 4.78 is 21.1.